The molecule has 352 valence electrons. The average Bonchev–Trinajstić information content (AvgIpc) is 3.25. The summed E-state index contributed by atoms with van der Waals surface area (Å²) >= 11 is 0. The lowest BCUT2D eigenvalue weighted by Crippen LogP contribution is -2.60. The van der Waals surface area contributed by atoms with Crippen molar-refractivity contribution < 1.29 is 50.0 Å². The minimum Gasteiger partial charge on any atom is -0.394 e. The van der Waals surface area contributed by atoms with Crippen molar-refractivity contribution in [1.29, 1.82) is 0 Å². The maximum atomic E-state index is 13.1. The normalized spacial score (nSPS) is 21.9. The van der Waals surface area contributed by atoms with Crippen molar-refractivity contribution in [2.75, 3.05) is 13.2 Å². The number of hydrogen-bond donors (Lipinski definition) is 8. The van der Waals surface area contributed by atoms with Gasteiger partial charge in [0.2, 0.25) is 5.91 Å². The quantitative estimate of drug-likeness (QED) is 0.0220. The molecule has 0 radical (unpaired) electrons. The lowest BCUT2D eigenvalue weighted by Gasteiger charge is -2.40. The molecule has 1 aliphatic rings. The number of aliphatic hydroxyl groups is 7. The third-order valence-electron chi connectivity index (χ3n) is 11.7. The van der Waals surface area contributed by atoms with E-state index in [1.165, 1.54) is 109 Å². The highest BCUT2D eigenvalue weighted by atomic mass is 16.7. The molecular weight excluding hydrogens is 763 g/mol. The van der Waals surface area contributed by atoms with Gasteiger partial charge in [-0.3, -0.25) is 4.79 Å². The molecule has 0 aromatic heterocycles. The Kier molecular flexibility index (Phi) is 36.6. The van der Waals surface area contributed by atoms with Crippen LogP contribution in [0.4, 0.5) is 0 Å². The molecule has 1 heterocycles. The maximum Gasteiger partial charge on any atom is 0.249 e. The standard InChI is InChI=1S/C49H91NO10/c1-3-5-7-9-11-13-15-16-17-18-19-20-21-22-23-24-25-27-28-30-32-34-36-41(52)44(54)40(39-59-49-47(57)46(56)45(55)43(38-51)60-49)50-48(58)42(53)37-35-33-31-29-26-14-12-10-8-6-4-2/h19-20,23-24,28,30,40-47,49,51-57H,3-18,21-22,25-27,29,31-39H2,1-2H3,(H,50,58)/b20-19+,24-23+,30-28+. The van der Waals surface area contributed by atoms with E-state index in [4.69, 9.17) is 9.47 Å². The molecule has 0 spiro atoms. The van der Waals surface area contributed by atoms with E-state index in [-0.39, 0.29) is 12.8 Å². The monoisotopic (exact) mass is 854 g/mol. The van der Waals surface area contributed by atoms with Crippen molar-refractivity contribution in [2.24, 2.45) is 0 Å². The van der Waals surface area contributed by atoms with E-state index >= 15 is 0 Å². The number of unbranched alkanes of at least 4 members (excludes halogenated alkanes) is 22. The van der Waals surface area contributed by atoms with E-state index < -0.39 is 74.2 Å². The topological polar surface area (TPSA) is 189 Å². The van der Waals surface area contributed by atoms with Gasteiger partial charge in [0.1, 0.15) is 36.6 Å². The number of hydrogen-bond acceptors (Lipinski definition) is 10. The van der Waals surface area contributed by atoms with Gasteiger partial charge in [-0.1, -0.05) is 172 Å². The van der Waals surface area contributed by atoms with Gasteiger partial charge in [-0.25, -0.2) is 0 Å². The molecule has 0 aromatic rings. The maximum absolute atomic E-state index is 13.1. The second-order valence-corrected chi connectivity index (χ2v) is 17.2. The van der Waals surface area contributed by atoms with Crippen LogP contribution in [-0.4, -0.2) is 110 Å². The second kappa shape index (κ2) is 39.0. The molecule has 1 saturated heterocycles. The Hall–Kier alpha value is -1.67. The van der Waals surface area contributed by atoms with E-state index in [0.29, 0.717) is 19.3 Å². The van der Waals surface area contributed by atoms with E-state index in [9.17, 15) is 40.5 Å². The molecule has 1 aliphatic heterocycles. The highest BCUT2D eigenvalue weighted by Gasteiger charge is 2.44. The van der Waals surface area contributed by atoms with Gasteiger partial charge in [0.05, 0.1) is 25.4 Å². The summed E-state index contributed by atoms with van der Waals surface area (Å²) in [4.78, 5) is 13.1. The van der Waals surface area contributed by atoms with Gasteiger partial charge >= 0.3 is 0 Å². The molecule has 11 heteroatoms. The minimum atomic E-state index is -1.67. The summed E-state index contributed by atoms with van der Waals surface area (Å²) < 4.78 is 11.1. The fraction of sp³-hybridized carbons (Fsp3) is 0.857. The van der Waals surface area contributed by atoms with Gasteiger partial charge in [0.25, 0.3) is 0 Å². The fourth-order valence-electron chi connectivity index (χ4n) is 7.59. The largest absolute Gasteiger partial charge is 0.394 e. The van der Waals surface area contributed by atoms with Crippen LogP contribution in [0.1, 0.15) is 200 Å². The van der Waals surface area contributed by atoms with Crippen molar-refractivity contribution in [3.05, 3.63) is 36.5 Å². The molecule has 8 N–H and O–H groups in total. The highest BCUT2D eigenvalue weighted by Crippen LogP contribution is 2.23. The molecular formula is C49H91NO10. The predicted molar refractivity (Wildman–Crippen MR) is 242 cm³/mol. The van der Waals surface area contributed by atoms with E-state index in [0.717, 1.165) is 44.9 Å². The second-order valence-electron chi connectivity index (χ2n) is 17.2. The van der Waals surface area contributed by atoms with Crippen LogP contribution in [0, 0.1) is 0 Å². The van der Waals surface area contributed by atoms with Crippen LogP contribution in [0.5, 0.6) is 0 Å². The number of aliphatic hydroxyl groups excluding tert-OH is 7. The van der Waals surface area contributed by atoms with Crippen molar-refractivity contribution in [3.63, 3.8) is 0 Å². The first-order valence-electron chi connectivity index (χ1n) is 24.4. The molecule has 0 aromatic carbocycles. The van der Waals surface area contributed by atoms with Crippen molar-refractivity contribution >= 4 is 5.91 Å². The Morgan fingerprint density at radius 1 is 0.567 bits per heavy atom. The molecule has 60 heavy (non-hydrogen) atoms. The summed E-state index contributed by atoms with van der Waals surface area (Å²) in [7, 11) is 0. The van der Waals surface area contributed by atoms with E-state index in [1.54, 1.807) is 0 Å². The van der Waals surface area contributed by atoms with Crippen LogP contribution in [-0.2, 0) is 14.3 Å². The van der Waals surface area contributed by atoms with Crippen molar-refractivity contribution in [1.82, 2.24) is 5.32 Å². The van der Waals surface area contributed by atoms with Crippen molar-refractivity contribution in [2.45, 2.75) is 255 Å². The average molecular weight is 854 g/mol. The number of allylic oxidation sites excluding steroid dienone is 6. The number of ether oxygens (including phenoxy) is 2. The molecule has 0 aliphatic carbocycles. The Balaban J connectivity index is 2.44. The first kappa shape index (κ1) is 56.3. The summed E-state index contributed by atoms with van der Waals surface area (Å²) in [5.74, 6) is -0.714. The third-order valence-corrected chi connectivity index (χ3v) is 11.7. The molecule has 9 atom stereocenters. The summed E-state index contributed by atoms with van der Waals surface area (Å²) in [6.07, 6.45) is 33.5. The third kappa shape index (κ3) is 28.1. The van der Waals surface area contributed by atoms with Crippen LogP contribution in [0.25, 0.3) is 0 Å². The highest BCUT2D eigenvalue weighted by molar-refractivity contribution is 5.80. The number of carbonyl (C=O) groups excluding carboxylic acids is 1. The zero-order valence-electron chi connectivity index (χ0n) is 37.9. The Morgan fingerprint density at radius 3 is 1.48 bits per heavy atom. The van der Waals surface area contributed by atoms with Gasteiger partial charge < -0.3 is 50.5 Å². The first-order valence-corrected chi connectivity index (χ1v) is 24.4. The lowest BCUT2D eigenvalue weighted by atomic mass is 9.98. The number of amides is 1. The van der Waals surface area contributed by atoms with E-state index in [2.05, 4.69) is 55.6 Å². The molecule has 9 unspecified atom stereocenters. The zero-order valence-corrected chi connectivity index (χ0v) is 37.9. The van der Waals surface area contributed by atoms with Gasteiger partial charge in [-0.2, -0.15) is 0 Å². The molecule has 11 nitrogen and oxygen atoms in total. The summed E-state index contributed by atoms with van der Waals surface area (Å²) in [5, 5.41) is 75.6. The van der Waals surface area contributed by atoms with Crippen molar-refractivity contribution in [3.8, 4) is 0 Å². The van der Waals surface area contributed by atoms with Gasteiger partial charge in [-0.05, 0) is 64.2 Å². The van der Waals surface area contributed by atoms with Crippen LogP contribution in [0.3, 0.4) is 0 Å². The van der Waals surface area contributed by atoms with E-state index in [1.807, 2.05) is 0 Å². The summed E-state index contributed by atoms with van der Waals surface area (Å²) in [5.41, 5.74) is 0. The van der Waals surface area contributed by atoms with Gasteiger partial charge in [-0.15, -0.1) is 0 Å². The van der Waals surface area contributed by atoms with Gasteiger partial charge in [0, 0.05) is 0 Å². The van der Waals surface area contributed by atoms with Crippen LogP contribution >= 0.6 is 0 Å². The first-order chi connectivity index (χ1) is 29.2. The van der Waals surface area contributed by atoms with Crippen LogP contribution in [0.15, 0.2) is 36.5 Å². The van der Waals surface area contributed by atoms with Gasteiger partial charge in [0.15, 0.2) is 6.29 Å². The Labute approximate surface area is 365 Å². The molecule has 0 bridgehead atoms. The lowest BCUT2D eigenvalue weighted by molar-refractivity contribution is -0.303. The Bertz CT molecular complexity index is 1070. The van der Waals surface area contributed by atoms with Crippen LogP contribution < -0.4 is 5.32 Å². The van der Waals surface area contributed by atoms with Crippen LogP contribution in [0.2, 0.25) is 0 Å². The fourth-order valence-corrected chi connectivity index (χ4v) is 7.59. The summed E-state index contributed by atoms with van der Waals surface area (Å²) in [6, 6.07) is -1.19. The smallest absolute Gasteiger partial charge is 0.249 e. The predicted octanol–water partition coefficient (Wildman–Crippen LogP) is 8.39. The minimum absolute atomic E-state index is 0.242. The zero-order chi connectivity index (χ0) is 44.1. The number of rotatable bonds is 40. The molecule has 1 rings (SSSR count). The summed E-state index contributed by atoms with van der Waals surface area (Å²) in [6.45, 7) is 3.40. The molecule has 1 amide bonds. The molecule has 1 fully saturated rings. The molecule has 0 saturated carbocycles. The number of carbonyl (C=O) groups is 1. The SMILES string of the molecule is CCCCCCCCCCC/C=C/CC/C=C/CC/C=C/CCCC(O)C(O)C(COC1OC(CO)C(O)C(O)C1O)NC(=O)C(O)CCCCCCCCCCCCC. The number of nitrogens with one attached hydrogen (secondary N) is 1. The Morgan fingerprint density at radius 2 is 1.00 bits per heavy atom.